The van der Waals surface area contributed by atoms with Crippen LogP contribution in [-0.4, -0.2) is 10.8 Å². The van der Waals surface area contributed by atoms with E-state index in [4.69, 9.17) is 4.42 Å². The molecule has 0 unspecified atom stereocenters. The number of hydrogen-bond donors (Lipinski definition) is 0. The molecule has 3 aromatic rings. The second-order valence-corrected chi connectivity index (χ2v) is 5.46. The average molecular weight is 341 g/mol. The molecule has 3 rings (SSSR count). The minimum atomic E-state index is -4.87. The molecule has 2 aromatic heterocycles. The van der Waals surface area contributed by atoms with Gasteiger partial charge in [-0.2, -0.15) is 13.2 Å². The van der Waals surface area contributed by atoms with Gasteiger partial charge in [-0.3, -0.25) is 4.79 Å². The van der Waals surface area contributed by atoms with Crippen LogP contribution in [0.2, 0.25) is 0 Å². The summed E-state index contributed by atoms with van der Waals surface area (Å²) < 4.78 is 57.0. The Balaban J connectivity index is 2.11. The van der Waals surface area contributed by atoms with Gasteiger partial charge >= 0.3 is 6.18 Å². The molecule has 2 heterocycles. The summed E-state index contributed by atoms with van der Waals surface area (Å²) in [6.45, 7) is 0. The summed E-state index contributed by atoms with van der Waals surface area (Å²) in [6, 6.07) is 7.52. The Labute approximate surface area is 131 Å². The first-order valence-corrected chi connectivity index (χ1v) is 7.16. The Hall–Kier alpha value is -2.48. The van der Waals surface area contributed by atoms with Crippen LogP contribution in [0, 0.1) is 5.82 Å². The largest absolute Gasteiger partial charge is 0.452 e. The summed E-state index contributed by atoms with van der Waals surface area (Å²) in [5, 5.41) is 1.57. The van der Waals surface area contributed by atoms with Crippen LogP contribution >= 0.6 is 11.3 Å². The molecule has 0 aliphatic heterocycles. The molecule has 0 atom stereocenters. The quantitative estimate of drug-likeness (QED) is 0.508. The monoisotopic (exact) mass is 341 g/mol. The van der Waals surface area contributed by atoms with Crippen LogP contribution in [0.4, 0.5) is 17.6 Å². The number of hydrogen-bond acceptors (Lipinski definition) is 4. The lowest BCUT2D eigenvalue weighted by Gasteiger charge is -2.03. The third-order valence-corrected chi connectivity index (χ3v) is 3.80. The molecule has 0 amide bonds. The normalized spacial score (nSPS) is 11.7. The van der Waals surface area contributed by atoms with E-state index in [0.717, 1.165) is 23.5 Å². The van der Waals surface area contributed by atoms with Crippen molar-refractivity contribution in [1.29, 1.82) is 0 Å². The number of carbonyl (C=O) groups excluding carboxylic acids is 1. The minimum Gasteiger partial charge on any atom is -0.431 e. The SMILES string of the molecule is O=C(c1cccs1)c1nc(-c2ccc(F)cc2)oc1C(F)(F)F. The molecule has 0 aliphatic rings. The number of oxazole rings is 1. The van der Waals surface area contributed by atoms with Crippen molar-refractivity contribution < 1.29 is 26.8 Å². The molecule has 0 aliphatic carbocycles. The van der Waals surface area contributed by atoms with Crippen LogP contribution < -0.4 is 0 Å². The van der Waals surface area contributed by atoms with Crippen molar-refractivity contribution in [2.24, 2.45) is 0 Å². The molecule has 0 N–H and O–H groups in total. The highest BCUT2D eigenvalue weighted by atomic mass is 32.1. The molecule has 0 radical (unpaired) electrons. The van der Waals surface area contributed by atoms with Gasteiger partial charge in [0.1, 0.15) is 5.82 Å². The van der Waals surface area contributed by atoms with Crippen molar-refractivity contribution in [3.05, 3.63) is 63.9 Å². The molecule has 118 valence electrons. The summed E-state index contributed by atoms with van der Waals surface area (Å²) >= 11 is 1.00. The number of ketones is 1. The number of rotatable bonds is 3. The van der Waals surface area contributed by atoms with E-state index in [2.05, 4.69) is 4.98 Å². The van der Waals surface area contributed by atoms with Crippen LogP contribution in [0.5, 0.6) is 0 Å². The topological polar surface area (TPSA) is 43.1 Å². The second-order valence-electron chi connectivity index (χ2n) is 4.51. The standard InChI is InChI=1S/C15H7F4NO2S/c16-9-5-3-8(4-6-9)14-20-11(13(22-14)15(17,18)19)12(21)10-2-1-7-23-10/h1-7H. The molecule has 1 aromatic carbocycles. The summed E-state index contributed by atoms with van der Waals surface area (Å²) in [4.78, 5) is 16.0. The van der Waals surface area contributed by atoms with Gasteiger partial charge in [0, 0.05) is 5.56 Å². The van der Waals surface area contributed by atoms with Crippen LogP contribution in [0.1, 0.15) is 21.1 Å². The van der Waals surface area contributed by atoms with Crippen molar-refractivity contribution >= 4 is 17.1 Å². The van der Waals surface area contributed by atoms with Gasteiger partial charge in [0.15, 0.2) is 5.69 Å². The third kappa shape index (κ3) is 3.02. The second kappa shape index (κ2) is 5.62. The molecule has 0 fully saturated rings. The molecule has 0 bridgehead atoms. The van der Waals surface area contributed by atoms with Gasteiger partial charge < -0.3 is 4.42 Å². The fourth-order valence-corrected chi connectivity index (χ4v) is 2.57. The first kappa shape index (κ1) is 15.4. The Morgan fingerprint density at radius 3 is 2.39 bits per heavy atom. The van der Waals surface area contributed by atoms with Gasteiger partial charge in [-0.25, -0.2) is 9.37 Å². The molecule has 0 saturated carbocycles. The van der Waals surface area contributed by atoms with Crippen LogP contribution in [-0.2, 0) is 6.18 Å². The predicted octanol–water partition coefficient (Wildman–Crippen LogP) is 4.79. The van der Waals surface area contributed by atoms with Gasteiger partial charge in [0.05, 0.1) is 4.88 Å². The molecular weight excluding hydrogens is 334 g/mol. The highest BCUT2D eigenvalue weighted by Crippen LogP contribution is 2.36. The van der Waals surface area contributed by atoms with E-state index in [1.807, 2.05) is 0 Å². The van der Waals surface area contributed by atoms with E-state index in [1.165, 1.54) is 18.2 Å². The summed E-state index contributed by atoms with van der Waals surface area (Å²) in [7, 11) is 0. The number of alkyl halides is 3. The van der Waals surface area contributed by atoms with Crippen molar-refractivity contribution in [3.63, 3.8) is 0 Å². The third-order valence-electron chi connectivity index (χ3n) is 2.94. The van der Waals surface area contributed by atoms with E-state index in [-0.39, 0.29) is 10.4 Å². The highest BCUT2D eigenvalue weighted by Gasteiger charge is 2.42. The van der Waals surface area contributed by atoms with Gasteiger partial charge in [-0.05, 0) is 35.7 Å². The lowest BCUT2D eigenvalue weighted by Crippen LogP contribution is -2.11. The summed E-state index contributed by atoms with van der Waals surface area (Å²) in [5.41, 5.74) is -0.665. The Morgan fingerprint density at radius 2 is 1.83 bits per heavy atom. The van der Waals surface area contributed by atoms with E-state index in [9.17, 15) is 22.4 Å². The minimum absolute atomic E-state index is 0.120. The maximum atomic E-state index is 13.1. The highest BCUT2D eigenvalue weighted by molar-refractivity contribution is 7.12. The summed E-state index contributed by atoms with van der Waals surface area (Å²) in [5.74, 6) is -3.27. The predicted molar refractivity (Wildman–Crippen MR) is 74.7 cm³/mol. The van der Waals surface area contributed by atoms with Crippen molar-refractivity contribution in [2.45, 2.75) is 6.18 Å². The van der Waals surface area contributed by atoms with E-state index < -0.39 is 35.1 Å². The number of thiophene rings is 1. The lowest BCUT2D eigenvalue weighted by atomic mass is 10.2. The molecule has 3 nitrogen and oxygen atoms in total. The van der Waals surface area contributed by atoms with Gasteiger partial charge in [-0.1, -0.05) is 6.07 Å². The fraction of sp³-hybridized carbons (Fsp3) is 0.0667. The maximum Gasteiger partial charge on any atom is 0.452 e. The zero-order chi connectivity index (χ0) is 16.6. The smallest absolute Gasteiger partial charge is 0.431 e. The zero-order valence-electron chi connectivity index (χ0n) is 11.2. The summed E-state index contributed by atoms with van der Waals surface area (Å²) in [6.07, 6.45) is -4.87. The number of benzene rings is 1. The van der Waals surface area contributed by atoms with Gasteiger partial charge in [0.25, 0.3) is 0 Å². The molecule has 8 heteroatoms. The molecule has 23 heavy (non-hydrogen) atoms. The first-order chi connectivity index (χ1) is 10.9. The maximum absolute atomic E-state index is 13.1. The Bertz CT molecular complexity index is 835. The van der Waals surface area contributed by atoms with Crippen molar-refractivity contribution in [1.82, 2.24) is 4.98 Å². The van der Waals surface area contributed by atoms with Crippen LogP contribution in [0.15, 0.2) is 46.2 Å². The fourth-order valence-electron chi connectivity index (χ4n) is 1.91. The number of carbonyl (C=O) groups is 1. The average Bonchev–Trinajstić information content (AvgIpc) is 3.16. The molecule has 0 saturated heterocycles. The van der Waals surface area contributed by atoms with Crippen molar-refractivity contribution in [3.8, 4) is 11.5 Å². The lowest BCUT2D eigenvalue weighted by molar-refractivity contribution is -0.153. The van der Waals surface area contributed by atoms with Crippen LogP contribution in [0.25, 0.3) is 11.5 Å². The van der Waals surface area contributed by atoms with E-state index in [1.54, 1.807) is 11.4 Å². The molecular formula is C15H7F4NO2S. The van der Waals surface area contributed by atoms with Gasteiger partial charge in [0.2, 0.25) is 17.4 Å². The van der Waals surface area contributed by atoms with E-state index in [0.29, 0.717) is 0 Å². The van der Waals surface area contributed by atoms with Crippen LogP contribution in [0.3, 0.4) is 0 Å². The molecule has 0 spiro atoms. The number of aromatic nitrogens is 1. The Morgan fingerprint density at radius 1 is 1.13 bits per heavy atom. The number of halogens is 4. The van der Waals surface area contributed by atoms with Crippen molar-refractivity contribution in [2.75, 3.05) is 0 Å². The Kier molecular flexibility index (Phi) is 3.77. The van der Waals surface area contributed by atoms with E-state index >= 15 is 0 Å². The van der Waals surface area contributed by atoms with Gasteiger partial charge in [-0.15, -0.1) is 11.3 Å². The zero-order valence-corrected chi connectivity index (χ0v) is 12.0. The number of nitrogens with zero attached hydrogens (tertiary/aromatic N) is 1. The first-order valence-electron chi connectivity index (χ1n) is 6.28.